The largest absolute Gasteiger partial charge is 0.462 e. The Morgan fingerprint density at radius 1 is 1.18 bits per heavy atom. The smallest absolute Gasteiger partial charge is 0.340 e. The normalized spacial score (nSPS) is 10.2. The van der Waals surface area contributed by atoms with Crippen LogP contribution in [-0.2, 0) is 4.74 Å². The molecule has 3 aromatic rings. The van der Waals surface area contributed by atoms with Gasteiger partial charge in [-0.25, -0.2) is 9.78 Å². The average Bonchev–Trinajstić information content (AvgIpc) is 2.70. The fourth-order valence-corrected chi connectivity index (χ4v) is 2.89. The van der Waals surface area contributed by atoms with Gasteiger partial charge in [0.05, 0.1) is 17.9 Å². The Balaban J connectivity index is 2.15. The molecule has 0 aliphatic heterocycles. The zero-order valence-corrected chi connectivity index (χ0v) is 16.2. The Morgan fingerprint density at radius 3 is 2.57 bits per heavy atom. The Labute approximate surface area is 168 Å². The molecule has 5 nitrogen and oxygen atoms in total. The number of pyridine rings is 1. The highest BCUT2D eigenvalue weighted by molar-refractivity contribution is 6.30. The van der Waals surface area contributed by atoms with E-state index < -0.39 is 5.97 Å². The number of halogens is 1. The van der Waals surface area contributed by atoms with Crippen molar-refractivity contribution in [2.45, 2.75) is 13.8 Å². The van der Waals surface area contributed by atoms with Crippen LogP contribution in [0.2, 0.25) is 5.02 Å². The van der Waals surface area contributed by atoms with Gasteiger partial charge in [-0.2, -0.15) is 5.26 Å². The zero-order chi connectivity index (χ0) is 20.1. The van der Waals surface area contributed by atoms with Gasteiger partial charge in [-0.1, -0.05) is 41.9 Å². The standard InChI is InChI=1S/C22H17ClN2O3/c1-3-27-22(26)18-12-16(13-24)21(25-20(18)15-7-5-4-6-8-15)28-19-10-9-17(23)11-14(19)2/h4-12H,3H2,1-2H3. The molecular weight excluding hydrogens is 376 g/mol. The van der Waals surface area contributed by atoms with Gasteiger partial charge < -0.3 is 9.47 Å². The minimum Gasteiger partial charge on any atom is -0.462 e. The van der Waals surface area contributed by atoms with E-state index in [0.717, 1.165) is 5.56 Å². The van der Waals surface area contributed by atoms with Crippen molar-refractivity contribution in [3.8, 4) is 29.0 Å². The molecule has 0 saturated heterocycles. The van der Waals surface area contributed by atoms with E-state index in [4.69, 9.17) is 21.1 Å². The number of carbonyl (C=O) groups excluding carboxylic acids is 1. The third kappa shape index (κ3) is 4.13. The van der Waals surface area contributed by atoms with Crippen LogP contribution in [0.4, 0.5) is 0 Å². The highest BCUT2D eigenvalue weighted by Gasteiger charge is 2.21. The van der Waals surface area contributed by atoms with E-state index in [1.54, 1.807) is 25.1 Å². The summed E-state index contributed by atoms with van der Waals surface area (Å²) in [4.78, 5) is 16.9. The van der Waals surface area contributed by atoms with Gasteiger partial charge in [0.1, 0.15) is 17.4 Å². The average molecular weight is 393 g/mol. The van der Waals surface area contributed by atoms with Gasteiger partial charge >= 0.3 is 5.97 Å². The van der Waals surface area contributed by atoms with Crippen LogP contribution in [-0.4, -0.2) is 17.6 Å². The molecule has 0 spiro atoms. The van der Waals surface area contributed by atoms with Crippen molar-refractivity contribution in [1.29, 1.82) is 5.26 Å². The summed E-state index contributed by atoms with van der Waals surface area (Å²) in [5.74, 6) is 0.0932. The molecule has 3 rings (SSSR count). The summed E-state index contributed by atoms with van der Waals surface area (Å²) in [5.41, 5.74) is 2.25. The van der Waals surface area contributed by atoms with E-state index in [1.165, 1.54) is 6.07 Å². The lowest BCUT2D eigenvalue weighted by Gasteiger charge is -2.14. The topological polar surface area (TPSA) is 72.2 Å². The van der Waals surface area contributed by atoms with Gasteiger partial charge in [0, 0.05) is 10.6 Å². The third-order valence-corrected chi connectivity index (χ3v) is 4.23. The number of rotatable bonds is 5. The van der Waals surface area contributed by atoms with E-state index in [-0.39, 0.29) is 23.6 Å². The van der Waals surface area contributed by atoms with Gasteiger partial charge in [-0.05, 0) is 43.7 Å². The number of aromatic nitrogens is 1. The number of nitriles is 1. The van der Waals surface area contributed by atoms with E-state index >= 15 is 0 Å². The molecule has 0 radical (unpaired) electrons. The van der Waals surface area contributed by atoms with Crippen LogP contribution in [0.15, 0.2) is 54.6 Å². The molecule has 0 unspecified atom stereocenters. The molecule has 6 heteroatoms. The van der Waals surface area contributed by atoms with Gasteiger partial charge in [-0.15, -0.1) is 0 Å². The number of hydrogen-bond donors (Lipinski definition) is 0. The molecule has 0 saturated carbocycles. The number of esters is 1. The maximum absolute atomic E-state index is 12.4. The molecule has 0 amide bonds. The van der Waals surface area contributed by atoms with Crippen molar-refractivity contribution in [3.63, 3.8) is 0 Å². The highest BCUT2D eigenvalue weighted by atomic mass is 35.5. The summed E-state index contributed by atoms with van der Waals surface area (Å²) in [6.45, 7) is 3.79. The molecule has 1 heterocycles. The number of benzene rings is 2. The van der Waals surface area contributed by atoms with E-state index in [2.05, 4.69) is 4.98 Å². The molecule has 140 valence electrons. The first-order valence-corrected chi connectivity index (χ1v) is 9.03. The van der Waals surface area contributed by atoms with Crippen molar-refractivity contribution < 1.29 is 14.3 Å². The lowest BCUT2D eigenvalue weighted by Crippen LogP contribution is -2.09. The lowest BCUT2D eigenvalue weighted by molar-refractivity contribution is 0.0527. The molecule has 0 bridgehead atoms. The van der Waals surface area contributed by atoms with Crippen LogP contribution >= 0.6 is 11.6 Å². The first kappa shape index (κ1) is 19.4. The maximum atomic E-state index is 12.4. The second-order valence-corrected chi connectivity index (χ2v) is 6.38. The van der Waals surface area contributed by atoms with Gasteiger partial charge in [0.15, 0.2) is 0 Å². The fraction of sp³-hybridized carbons (Fsp3) is 0.136. The summed E-state index contributed by atoms with van der Waals surface area (Å²) >= 11 is 5.99. The molecule has 1 aromatic heterocycles. The number of aryl methyl sites for hydroxylation is 1. The highest BCUT2D eigenvalue weighted by Crippen LogP contribution is 2.32. The van der Waals surface area contributed by atoms with Crippen LogP contribution in [0.1, 0.15) is 28.4 Å². The van der Waals surface area contributed by atoms with E-state index in [0.29, 0.717) is 22.0 Å². The van der Waals surface area contributed by atoms with Crippen LogP contribution in [0, 0.1) is 18.3 Å². The summed E-state index contributed by atoms with van der Waals surface area (Å²) < 4.78 is 11.0. The zero-order valence-electron chi connectivity index (χ0n) is 15.4. The van der Waals surface area contributed by atoms with Gasteiger partial charge in [0.25, 0.3) is 0 Å². The molecule has 0 N–H and O–H groups in total. The minimum atomic E-state index is -0.542. The van der Waals surface area contributed by atoms with Crippen molar-refractivity contribution in [2.24, 2.45) is 0 Å². The van der Waals surface area contributed by atoms with Crippen molar-refractivity contribution >= 4 is 17.6 Å². The summed E-state index contributed by atoms with van der Waals surface area (Å²) in [7, 11) is 0. The van der Waals surface area contributed by atoms with Crippen molar-refractivity contribution in [2.75, 3.05) is 6.61 Å². The summed E-state index contributed by atoms with van der Waals surface area (Å²) in [5, 5.41) is 10.1. The molecular formula is C22H17ClN2O3. The number of carbonyl (C=O) groups is 1. The second kappa shape index (κ2) is 8.55. The van der Waals surface area contributed by atoms with Crippen LogP contribution in [0.25, 0.3) is 11.3 Å². The Hall–Kier alpha value is -3.36. The fourth-order valence-electron chi connectivity index (χ4n) is 2.67. The Morgan fingerprint density at radius 2 is 1.93 bits per heavy atom. The van der Waals surface area contributed by atoms with Gasteiger partial charge in [-0.3, -0.25) is 0 Å². The number of nitrogens with zero attached hydrogens (tertiary/aromatic N) is 2. The lowest BCUT2D eigenvalue weighted by atomic mass is 10.0. The molecule has 0 aliphatic carbocycles. The van der Waals surface area contributed by atoms with Crippen molar-refractivity contribution in [1.82, 2.24) is 4.98 Å². The molecule has 28 heavy (non-hydrogen) atoms. The van der Waals surface area contributed by atoms with E-state index in [9.17, 15) is 10.1 Å². The predicted molar refractivity (Wildman–Crippen MR) is 107 cm³/mol. The first-order chi connectivity index (χ1) is 13.5. The minimum absolute atomic E-state index is 0.111. The third-order valence-electron chi connectivity index (χ3n) is 3.99. The van der Waals surface area contributed by atoms with Crippen molar-refractivity contribution in [3.05, 3.63) is 76.3 Å². The van der Waals surface area contributed by atoms with Crippen LogP contribution < -0.4 is 4.74 Å². The predicted octanol–water partition coefficient (Wildman–Crippen LogP) is 5.55. The second-order valence-electron chi connectivity index (χ2n) is 5.95. The number of hydrogen-bond acceptors (Lipinski definition) is 5. The monoisotopic (exact) mass is 392 g/mol. The molecule has 0 aliphatic rings. The summed E-state index contributed by atoms with van der Waals surface area (Å²) in [6.07, 6.45) is 0. The van der Waals surface area contributed by atoms with Crippen LogP contribution in [0.3, 0.4) is 0 Å². The Kier molecular flexibility index (Phi) is 5.93. The summed E-state index contributed by atoms with van der Waals surface area (Å²) in [6, 6.07) is 17.9. The van der Waals surface area contributed by atoms with Gasteiger partial charge in [0.2, 0.25) is 5.88 Å². The maximum Gasteiger partial charge on any atom is 0.340 e. The Bertz CT molecular complexity index is 1060. The number of ether oxygens (including phenoxy) is 2. The SMILES string of the molecule is CCOC(=O)c1cc(C#N)c(Oc2ccc(Cl)cc2C)nc1-c1ccccc1. The molecule has 0 fully saturated rings. The van der Waals surface area contributed by atoms with E-state index in [1.807, 2.05) is 43.3 Å². The molecule has 2 aromatic carbocycles. The van der Waals surface area contributed by atoms with Crippen LogP contribution in [0.5, 0.6) is 11.6 Å². The first-order valence-electron chi connectivity index (χ1n) is 8.65. The quantitative estimate of drug-likeness (QED) is 0.532. The molecule has 0 atom stereocenters.